The Morgan fingerprint density at radius 1 is 1.00 bits per heavy atom. The maximum atomic E-state index is 13.1. The molecule has 4 rings (SSSR count). The molecule has 0 aliphatic carbocycles. The lowest BCUT2D eigenvalue weighted by Crippen LogP contribution is -2.31. The molecule has 2 aromatic carbocycles. The number of fused-ring (bicyclic) bond motifs is 1. The minimum atomic E-state index is -0.437. The van der Waals surface area contributed by atoms with Crippen LogP contribution in [0.15, 0.2) is 67.0 Å². The molecular formula is C23H20ClN5O2. The Labute approximate surface area is 184 Å². The SMILES string of the molecule is CC(C)NC(=O)c1ccc(Cl)cc1NC(=O)c1cnn2c(-c3ccccc3)ccnc12. The molecule has 31 heavy (non-hydrogen) atoms. The van der Waals surface area contributed by atoms with Crippen molar-refractivity contribution in [2.75, 3.05) is 5.32 Å². The molecule has 0 bridgehead atoms. The van der Waals surface area contributed by atoms with Crippen molar-refractivity contribution in [1.29, 1.82) is 0 Å². The van der Waals surface area contributed by atoms with Crippen LogP contribution < -0.4 is 10.6 Å². The van der Waals surface area contributed by atoms with Gasteiger partial charge in [0.1, 0.15) is 5.56 Å². The molecule has 0 radical (unpaired) electrons. The molecule has 156 valence electrons. The van der Waals surface area contributed by atoms with E-state index in [1.54, 1.807) is 28.9 Å². The van der Waals surface area contributed by atoms with E-state index in [-0.39, 0.29) is 17.5 Å². The van der Waals surface area contributed by atoms with Gasteiger partial charge in [-0.25, -0.2) is 9.50 Å². The Kier molecular flexibility index (Phi) is 5.68. The summed E-state index contributed by atoms with van der Waals surface area (Å²) in [5, 5.41) is 10.4. The average Bonchev–Trinajstić information content (AvgIpc) is 3.18. The van der Waals surface area contributed by atoms with Crippen LogP contribution in [0.1, 0.15) is 34.6 Å². The molecule has 2 amide bonds. The average molecular weight is 434 g/mol. The van der Waals surface area contributed by atoms with Crippen LogP contribution in [0.25, 0.3) is 16.9 Å². The third-order valence-corrected chi connectivity index (χ3v) is 4.84. The van der Waals surface area contributed by atoms with Gasteiger partial charge < -0.3 is 10.6 Å². The summed E-state index contributed by atoms with van der Waals surface area (Å²) in [6.07, 6.45) is 3.10. The van der Waals surface area contributed by atoms with Gasteiger partial charge in [-0.1, -0.05) is 41.9 Å². The van der Waals surface area contributed by atoms with Crippen molar-refractivity contribution in [2.24, 2.45) is 0 Å². The van der Waals surface area contributed by atoms with Gasteiger partial charge in [-0.3, -0.25) is 9.59 Å². The maximum absolute atomic E-state index is 13.1. The Balaban J connectivity index is 1.69. The van der Waals surface area contributed by atoms with Crippen molar-refractivity contribution in [1.82, 2.24) is 19.9 Å². The highest BCUT2D eigenvalue weighted by Crippen LogP contribution is 2.24. The molecule has 0 unspecified atom stereocenters. The van der Waals surface area contributed by atoms with E-state index in [0.717, 1.165) is 11.3 Å². The van der Waals surface area contributed by atoms with Crippen molar-refractivity contribution in [3.8, 4) is 11.3 Å². The first kappa shape index (κ1) is 20.6. The summed E-state index contributed by atoms with van der Waals surface area (Å²) in [5.41, 5.74) is 3.09. The van der Waals surface area contributed by atoms with Gasteiger partial charge in [0, 0.05) is 22.8 Å². The zero-order chi connectivity index (χ0) is 22.0. The summed E-state index contributed by atoms with van der Waals surface area (Å²) in [7, 11) is 0. The Morgan fingerprint density at radius 3 is 2.52 bits per heavy atom. The Bertz CT molecular complexity index is 1270. The molecule has 0 fully saturated rings. The van der Waals surface area contributed by atoms with Gasteiger partial charge in [0.05, 0.1) is 23.1 Å². The lowest BCUT2D eigenvalue weighted by molar-refractivity contribution is 0.0944. The Morgan fingerprint density at radius 2 is 1.77 bits per heavy atom. The van der Waals surface area contributed by atoms with Gasteiger partial charge in [-0.2, -0.15) is 5.10 Å². The van der Waals surface area contributed by atoms with Crippen LogP contribution in [0.4, 0.5) is 5.69 Å². The summed E-state index contributed by atoms with van der Waals surface area (Å²) in [4.78, 5) is 29.9. The smallest absolute Gasteiger partial charge is 0.261 e. The van der Waals surface area contributed by atoms with Gasteiger partial charge in [-0.15, -0.1) is 0 Å². The number of nitrogens with zero attached hydrogens (tertiary/aromatic N) is 3. The van der Waals surface area contributed by atoms with Gasteiger partial charge >= 0.3 is 0 Å². The molecule has 2 aromatic heterocycles. The highest BCUT2D eigenvalue weighted by atomic mass is 35.5. The van der Waals surface area contributed by atoms with E-state index in [0.29, 0.717) is 21.9 Å². The standard InChI is InChI=1S/C23H20ClN5O2/c1-14(2)27-22(30)17-9-8-16(24)12-19(17)28-23(31)18-13-26-29-20(10-11-25-21(18)29)15-6-4-3-5-7-15/h3-14H,1-2H3,(H,27,30)(H,28,31). The third-order valence-electron chi connectivity index (χ3n) is 4.61. The molecule has 2 heterocycles. The number of rotatable bonds is 5. The summed E-state index contributed by atoms with van der Waals surface area (Å²) < 4.78 is 1.62. The zero-order valence-electron chi connectivity index (χ0n) is 17.0. The predicted molar refractivity (Wildman–Crippen MR) is 120 cm³/mol. The number of hydrogen-bond donors (Lipinski definition) is 2. The second-order valence-corrected chi connectivity index (χ2v) is 7.70. The topological polar surface area (TPSA) is 88.4 Å². The van der Waals surface area contributed by atoms with E-state index in [9.17, 15) is 9.59 Å². The predicted octanol–water partition coefficient (Wildman–Crippen LogP) is 4.44. The maximum Gasteiger partial charge on any atom is 0.261 e. The minimum Gasteiger partial charge on any atom is -0.350 e. The third kappa shape index (κ3) is 4.27. The fourth-order valence-electron chi connectivity index (χ4n) is 3.23. The Hall–Kier alpha value is -3.71. The summed E-state index contributed by atoms with van der Waals surface area (Å²) in [5.74, 6) is -0.736. The zero-order valence-corrected chi connectivity index (χ0v) is 17.7. The highest BCUT2D eigenvalue weighted by molar-refractivity contribution is 6.31. The van der Waals surface area contributed by atoms with Gasteiger partial charge in [-0.05, 0) is 38.1 Å². The van der Waals surface area contributed by atoms with E-state index >= 15 is 0 Å². The number of anilines is 1. The number of benzene rings is 2. The second kappa shape index (κ2) is 8.57. The molecule has 0 saturated carbocycles. The molecule has 7 nitrogen and oxygen atoms in total. The van der Waals surface area contributed by atoms with Crippen molar-refractivity contribution in [2.45, 2.75) is 19.9 Å². The van der Waals surface area contributed by atoms with Crippen LogP contribution in [0.3, 0.4) is 0 Å². The van der Waals surface area contributed by atoms with E-state index in [1.807, 2.05) is 50.2 Å². The van der Waals surface area contributed by atoms with Crippen molar-refractivity contribution in [3.63, 3.8) is 0 Å². The highest BCUT2D eigenvalue weighted by Gasteiger charge is 2.20. The van der Waals surface area contributed by atoms with Crippen molar-refractivity contribution < 1.29 is 9.59 Å². The number of aromatic nitrogens is 3. The summed E-state index contributed by atoms with van der Waals surface area (Å²) >= 11 is 6.11. The number of hydrogen-bond acceptors (Lipinski definition) is 4. The molecule has 2 N–H and O–H groups in total. The van der Waals surface area contributed by atoms with E-state index < -0.39 is 5.91 Å². The number of halogens is 1. The molecule has 0 aliphatic heterocycles. The monoisotopic (exact) mass is 433 g/mol. The van der Waals surface area contributed by atoms with Gasteiger partial charge in [0.15, 0.2) is 5.65 Å². The first-order valence-electron chi connectivity index (χ1n) is 9.74. The molecule has 4 aromatic rings. The molecule has 0 spiro atoms. The second-order valence-electron chi connectivity index (χ2n) is 7.26. The number of amides is 2. The van der Waals surface area contributed by atoms with Gasteiger partial charge in [0.2, 0.25) is 0 Å². The number of carbonyl (C=O) groups excluding carboxylic acids is 2. The fourth-order valence-corrected chi connectivity index (χ4v) is 3.40. The number of nitrogens with one attached hydrogen (secondary N) is 2. The van der Waals surface area contributed by atoms with Crippen molar-refractivity contribution >= 4 is 34.7 Å². The quantitative estimate of drug-likeness (QED) is 0.487. The fraction of sp³-hybridized carbons (Fsp3) is 0.130. The molecule has 0 saturated heterocycles. The first-order chi connectivity index (χ1) is 14.9. The summed E-state index contributed by atoms with van der Waals surface area (Å²) in [6, 6.07) is 16.2. The van der Waals surface area contributed by atoms with Crippen LogP contribution in [-0.4, -0.2) is 32.5 Å². The van der Waals surface area contributed by atoms with Crippen molar-refractivity contribution in [3.05, 3.63) is 83.1 Å². The normalized spacial score (nSPS) is 11.0. The van der Waals surface area contributed by atoms with Gasteiger partial charge in [0.25, 0.3) is 11.8 Å². The largest absolute Gasteiger partial charge is 0.350 e. The van der Waals surface area contributed by atoms with Crippen LogP contribution in [-0.2, 0) is 0 Å². The van der Waals surface area contributed by atoms with E-state index in [4.69, 9.17) is 11.6 Å². The van der Waals surface area contributed by atoms with E-state index in [2.05, 4.69) is 20.7 Å². The lowest BCUT2D eigenvalue weighted by Gasteiger charge is -2.13. The molecule has 8 heteroatoms. The number of carbonyl (C=O) groups is 2. The van der Waals surface area contributed by atoms with Crippen LogP contribution in [0.5, 0.6) is 0 Å². The van der Waals surface area contributed by atoms with E-state index in [1.165, 1.54) is 6.20 Å². The molecular weight excluding hydrogens is 414 g/mol. The minimum absolute atomic E-state index is 0.0491. The summed E-state index contributed by atoms with van der Waals surface area (Å²) in [6.45, 7) is 3.72. The van der Waals surface area contributed by atoms with Crippen LogP contribution in [0, 0.1) is 0 Å². The first-order valence-corrected chi connectivity index (χ1v) is 10.1. The lowest BCUT2D eigenvalue weighted by atomic mass is 10.1. The molecule has 0 aliphatic rings. The molecule has 0 atom stereocenters. The van der Waals surface area contributed by atoms with Crippen LogP contribution in [0.2, 0.25) is 5.02 Å². The van der Waals surface area contributed by atoms with Crippen LogP contribution >= 0.6 is 11.6 Å².